The fourth-order valence-electron chi connectivity index (χ4n) is 1.47. The molecule has 0 radical (unpaired) electrons. The average Bonchev–Trinajstić information content (AvgIpc) is 2.83. The van der Waals surface area contributed by atoms with Crippen molar-refractivity contribution in [1.82, 2.24) is 10.7 Å². The summed E-state index contributed by atoms with van der Waals surface area (Å²) in [6, 6.07) is 3.99. The molecule has 1 heterocycles. The lowest BCUT2D eigenvalue weighted by atomic mass is 10.3. The van der Waals surface area contributed by atoms with Gasteiger partial charge in [0.1, 0.15) is 0 Å². The van der Waals surface area contributed by atoms with Gasteiger partial charge >= 0.3 is 0 Å². The third-order valence-corrected chi connectivity index (χ3v) is 3.85. The number of hydrogen-bond donors (Lipinski definition) is 3. The molecule has 7 heteroatoms. The Balaban J connectivity index is 2.40. The number of ether oxygens (including phenoxy) is 1. The van der Waals surface area contributed by atoms with E-state index in [9.17, 15) is 0 Å². The van der Waals surface area contributed by atoms with Crippen molar-refractivity contribution in [3.63, 3.8) is 0 Å². The standard InChI is InChI=1S/C12H21ClN4OS/c1-3-18-8-4-7-15-12(17-14)16-9(2)10-5-6-11(13)19-10/h5-6,9H,3-4,7-8,14H2,1-2H3,(H2,15,16,17). The molecule has 0 bridgehead atoms. The number of nitrogens with two attached hydrogens (primary N) is 1. The first kappa shape index (κ1) is 16.2. The summed E-state index contributed by atoms with van der Waals surface area (Å²) in [6.45, 7) is 6.14. The zero-order chi connectivity index (χ0) is 14.1. The molecule has 1 unspecified atom stereocenters. The molecule has 0 amide bonds. The molecule has 0 aliphatic carbocycles. The van der Waals surface area contributed by atoms with Crippen molar-refractivity contribution < 1.29 is 4.74 Å². The maximum atomic E-state index is 5.91. The minimum atomic E-state index is 0.110. The highest BCUT2D eigenvalue weighted by atomic mass is 35.5. The van der Waals surface area contributed by atoms with Crippen LogP contribution in [0.4, 0.5) is 0 Å². The average molecular weight is 305 g/mol. The highest BCUT2D eigenvalue weighted by Crippen LogP contribution is 2.26. The Morgan fingerprint density at radius 1 is 1.58 bits per heavy atom. The maximum Gasteiger partial charge on any atom is 0.206 e. The van der Waals surface area contributed by atoms with E-state index in [2.05, 4.69) is 15.7 Å². The van der Waals surface area contributed by atoms with Crippen LogP contribution < -0.4 is 16.6 Å². The van der Waals surface area contributed by atoms with Crippen LogP contribution >= 0.6 is 22.9 Å². The minimum Gasteiger partial charge on any atom is -0.382 e. The number of aliphatic imine (C=N–C) groups is 1. The zero-order valence-electron chi connectivity index (χ0n) is 11.3. The molecule has 0 saturated heterocycles. The third kappa shape index (κ3) is 6.24. The molecule has 0 aliphatic rings. The van der Waals surface area contributed by atoms with Gasteiger partial charge in [-0.25, -0.2) is 5.84 Å². The van der Waals surface area contributed by atoms with Gasteiger partial charge in [0.15, 0.2) is 0 Å². The summed E-state index contributed by atoms with van der Waals surface area (Å²) in [7, 11) is 0. The van der Waals surface area contributed by atoms with E-state index in [1.54, 1.807) is 11.3 Å². The van der Waals surface area contributed by atoms with E-state index in [0.717, 1.165) is 22.2 Å². The molecule has 0 fully saturated rings. The van der Waals surface area contributed by atoms with E-state index in [0.29, 0.717) is 19.1 Å². The van der Waals surface area contributed by atoms with Crippen molar-refractivity contribution in [2.45, 2.75) is 26.3 Å². The second-order valence-corrected chi connectivity index (χ2v) is 5.68. The van der Waals surface area contributed by atoms with Gasteiger partial charge in [0.25, 0.3) is 0 Å². The summed E-state index contributed by atoms with van der Waals surface area (Å²) in [5.74, 6) is 6.03. The number of rotatable bonds is 7. The number of halogens is 1. The van der Waals surface area contributed by atoms with Crippen molar-refractivity contribution in [3.8, 4) is 0 Å². The summed E-state index contributed by atoms with van der Waals surface area (Å²) in [6.07, 6.45) is 0.875. The van der Waals surface area contributed by atoms with Crippen molar-refractivity contribution in [1.29, 1.82) is 0 Å². The lowest BCUT2D eigenvalue weighted by Gasteiger charge is -2.15. The molecular weight excluding hydrogens is 284 g/mol. The van der Waals surface area contributed by atoms with Crippen molar-refractivity contribution in [2.75, 3.05) is 19.8 Å². The highest BCUT2D eigenvalue weighted by Gasteiger charge is 2.09. The van der Waals surface area contributed by atoms with E-state index in [1.807, 2.05) is 26.0 Å². The van der Waals surface area contributed by atoms with Gasteiger partial charge in [0.05, 0.1) is 10.4 Å². The van der Waals surface area contributed by atoms with Crippen LogP contribution in [-0.4, -0.2) is 25.7 Å². The summed E-state index contributed by atoms with van der Waals surface area (Å²) in [5.41, 5.74) is 2.57. The van der Waals surface area contributed by atoms with Crippen LogP contribution in [0, 0.1) is 0 Å². The van der Waals surface area contributed by atoms with Crippen LogP contribution in [0.1, 0.15) is 31.2 Å². The van der Waals surface area contributed by atoms with Crippen molar-refractivity contribution in [2.24, 2.45) is 10.8 Å². The number of hydrazine groups is 1. The lowest BCUT2D eigenvalue weighted by molar-refractivity contribution is 0.146. The molecule has 5 nitrogen and oxygen atoms in total. The normalized spacial score (nSPS) is 13.4. The number of nitrogens with zero attached hydrogens (tertiary/aromatic N) is 1. The van der Waals surface area contributed by atoms with Crippen LogP contribution in [0.5, 0.6) is 0 Å². The van der Waals surface area contributed by atoms with Gasteiger partial charge in [-0.1, -0.05) is 11.6 Å². The number of guanidine groups is 1. The zero-order valence-corrected chi connectivity index (χ0v) is 12.9. The molecule has 0 saturated carbocycles. The largest absolute Gasteiger partial charge is 0.382 e. The molecule has 1 atom stereocenters. The molecular formula is C12H21ClN4OS. The number of nitrogens with one attached hydrogen (secondary N) is 2. The molecule has 1 aromatic rings. The Morgan fingerprint density at radius 3 is 2.95 bits per heavy atom. The summed E-state index contributed by atoms with van der Waals surface area (Å²) >= 11 is 7.46. The number of hydrogen-bond acceptors (Lipinski definition) is 4. The fourth-order valence-corrected chi connectivity index (χ4v) is 2.54. The molecule has 0 spiro atoms. The van der Waals surface area contributed by atoms with Crippen LogP contribution in [0.15, 0.2) is 17.1 Å². The first-order valence-corrected chi connectivity index (χ1v) is 7.47. The predicted molar refractivity (Wildman–Crippen MR) is 81.6 cm³/mol. The van der Waals surface area contributed by atoms with Gasteiger partial charge in [0.2, 0.25) is 5.96 Å². The van der Waals surface area contributed by atoms with Crippen LogP contribution in [0.2, 0.25) is 4.34 Å². The number of thiophene rings is 1. The topological polar surface area (TPSA) is 71.7 Å². The van der Waals surface area contributed by atoms with Crippen molar-refractivity contribution >= 4 is 28.9 Å². The molecule has 108 valence electrons. The smallest absolute Gasteiger partial charge is 0.206 e. The van der Waals surface area contributed by atoms with Gasteiger partial charge in [-0.3, -0.25) is 10.4 Å². The molecule has 1 rings (SSSR count). The molecule has 19 heavy (non-hydrogen) atoms. The van der Waals surface area contributed by atoms with E-state index in [4.69, 9.17) is 22.2 Å². The highest BCUT2D eigenvalue weighted by molar-refractivity contribution is 7.16. The fraction of sp³-hybridized carbons (Fsp3) is 0.583. The Labute approximate surface area is 123 Å². The predicted octanol–water partition coefficient (Wildman–Crippen LogP) is 2.30. The van der Waals surface area contributed by atoms with Crippen LogP contribution in [-0.2, 0) is 4.74 Å². The Kier molecular flexibility index (Phi) is 7.81. The van der Waals surface area contributed by atoms with Gasteiger partial charge in [0, 0.05) is 24.6 Å². The summed E-state index contributed by atoms with van der Waals surface area (Å²) < 4.78 is 6.03. The maximum absolute atomic E-state index is 5.91. The SMILES string of the molecule is CCOCCCN=C(NN)NC(C)c1ccc(Cl)s1. The molecule has 0 aliphatic heterocycles. The molecule has 1 aromatic heterocycles. The Morgan fingerprint density at radius 2 is 2.37 bits per heavy atom. The van der Waals surface area contributed by atoms with Gasteiger partial charge in [-0.05, 0) is 32.4 Å². The van der Waals surface area contributed by atoms with Gasteiger partial charge in [-0.15, -0.1) is 11.3 Å². The third-order valence-electron chi connectivity index (χ3n) is 2.43. The Bertz CT molecular complexity index is 397. The van der Waals surface area contributed by atoms with E-state index in [1.165, 1.54) is 0 Å². The Hall–Kier alpha value is -0.820. The van der Waals surface area contributed by atoms with Crippen molar-refractivity contribution in [3.05, 3.63) is 21.3 Å². The lowest BCUT2D eigenvalue weighted by Crippen LogP contribution is -2.42. The van der Waals surface area contributed by atoms with E-state index >= 15 is 0 Å². The van der Waals surface area contributed by atoms with E-state index < -0.39 is 0 Å². The van der Waals surface area contributed by atoms with E-state index in [-0.39, 0.29) is 6.04 Å². The monoisotopic (exact) mass is 304 g/mol. The van der Waals surface area contributed by atoms with Gasteiger partial charge < -0.3 is 10.1 Å². The molecule has 4 N–H and O–H groups in total. The summed E-state index contributed by atoms with van der Waals surface area (Å²) in [5, 5.41) is 3.21. The van der Waals surface area contributed by atoms with Crippen LogP contribution in [0.3, 0.4) is 0 Å². The second kappa shape index (κ2) is 9.14. The first-order chi connectivity index (χ1) is 9.17. The second-order valence-electron chi connectivity index (χ2n) is 3.93. The van der Waals surface area contributed by atoms with Crippen LogP contribution in [0.25, 0.3) is 0 Å². The summed E-state index contributed by atoms with van der Waals surface area (Å²) in [4.78, 5) is 5.49. The quantitative estimate of drug-likeness (QED) is 0.238. The van der Waals surface area contributed by atoms with Gasteiger partial charge in [-0.2, -0.15) is 0 Å². The molecule has 0 aromatic carbocycles. The minimum absolute atomic E-state index is 0.110. The first-order valence-electron chi connectivity index (χ1n) is 6.28.